The van der Waals surface area contributed by atoms with Gasteiger partial charge in [-0.25, -0.2) is 9.37 Å². The lowest BCUT2D eigenvalue weighted by Crippen LogP contribution is -2.30. The minimum Gasteiger partial charge on any atom is -0.501 e. The van der Waals surface area contributed by atoms with E-state index in [4.69, 9.17) is 4.74 Å². The summed E-state index contributed by atoms with van der Waals surface area (Å²) in [5.74, 6) is -0.986. The SMILES string of the molecule is CO[C@@H]1C[C@@H](c2nc(C(=O)CCc3ccc(F)cc3)c(O)c(=O)n2C)N(C)C1. The Morgan fingerprint density at radius 2 is 2.00 bits per heavy atom. The second-order valence-electron chi connectivity index (χ2n) is 7.13. The predicted molar refractivity (Wildman–Crippen MR) is 101 cm³/mol. The molecule has 1 saturated heterocycles. The molecule has 0 bridgehead atoms. The number of hydrogen-bond donors (Lipinski definition) is 1. The molecule has 1 fully saturated rings. The van der Waals surface area contributed by atoms with E-state index in [0.717, 1.165) is 5.56 Å². The van der Waals surface area contributed by atoms with Crippen LogP contribution in [0.3, 0.4) is 0 Å². The average molecular weight is 389 g/mol. The van der Waals surface area contributed by atoms with Crippen molar-refractivity contribution in [2.24, 2.45) is 7.05 Å². The van der Waals surface area contributed by atoms with Crippen LogP contribution in [0.1, 0.15) is 40.8 Å². The first-order chi connectivity index (χ1) is 13.3. The molecule has 2 aromatic rings. The van der Waals surface area contributed by atoms with Gasteiger partial charge in [-0.2, -0.15) is 0 Å². The third-order valence-electron chi connectivity index (χ3n) is 5.26. The fourth-order valence-electron chi connectivity index (χ4n) is 3.55. The van der Waals surface area contributed by atoms with Crippen molar-refractivity contribution in [1.29, 1.82) is 0 Å². The predicted octanol–water partition coefficient (Wildman–Crippen LogP) is 1.83. The zero-order chi connectivity index (χ0) is 20.4. The molecule has 0 aliphatic carbocycles. The van der Waals surface area contributed by atoms with Gasteiger partial charge >= 0.3 is 0 Å². The molecule has 150 valence electrons. The molecular formula is C20H24FN3O4. The molecule has 0 spiro atoms. The molecule has 8 heteroatoms. The number of ether oxygens (including phenoxy) is 1. The number of benzene rings is 1. The minimum absolute atomic E-state index is 0.0123. The first-order valence-electron chi connectivity index (χ1n) is 9.12. The van der Waals surface area contributed by atoms with Gasteiger partial charge in [-0.05, 0) is 37.6 Å². The van der Waals surface area contributed by atoms with Gasteiger partial charge in [0, 0.05) is 27.1 Å². The second kappa shape index (κ2) is 8.20. The van der Waals surface area contributed by atoms with Crippen molar-refractivity contribution < 1.29 is 19.0 Å². The summed E-state index contributed by atoms with van der Waals surface area (Å²) in [6, 6.07) is 5.67. The molecule has 2 atom stereocenters. The van der Waals surface area contributed by atoms with E-state index in [-0.39, 0.29) is 30.1 Å². The number of Topliss-reactive ketones (excluding diaryl/α,β-unsaturated/α-hetero) is 1. The van der Waals surface area contributed by atoms with E-state index in [0.29, 0.717) is 25.2 Å². The van der Waals surface area contributed by atoms with Crippen LogP contribution < -0.4 is 5.56 Å². The van der Waals surface area contributed by atoms with Crippen molar-refractivity contribution in [2.75, 3.05) is 20.7 Å². The summed E-state index contributed by atoms with van der Waals surface area (Å²) < 4.78 is 19.7. The number of halogens is 1. The Bertz CT molecular complexity index is 926. The Hall–Kier alpha value is -2.58. The summed E-state index contributed by atoms with van der Waals surface area (Å²) >= 11 is 0. The van der Waals surface area contributed by atoms with Gasteiger partial charge in [-0.15, -0.1) is 0 Å². The van der Waals surface area contributed by atoms with E-state index in [1.165, 1.54) is 23.7 Å². The lowest BCUT2D eigenvalue weighted by Gasteiger charge is -2.21. The van der Waals surface area contributed by atoms with Crippen molar-refractivity contribution in [1.82, 2.24) is 14.5 Å². The van der Waals surface area contributed by atoms with Crippen LogP contribution in [-0.2, 0) is 18.2 Å². The van der Waals surface area contributed by atoms with Crippen molar-refractivity contribution >= 4 is 5.78 Å². The van der Waals surface area contributed by atoms with Gasteiger partial charge in [-0.3, -0.25) is 19.1 Å². The number of carbonyl (C=O) groups is 1. The molecule has 1 aromatic heterocycles. The first-order valence-corrected chi connectivity index (χ1v) is 9.12. The number of carbonyl (C=O) groups excluding carboxylic acids is 1. The second-order valence-corrected chi connectivity index (χ2v) is 7.13. The van der Waals surface area contributed by atoms with Gasteiger partial charge in [0.1, 0.15) is 11.6 Å². The van der Waals surface area contributed by atoms with Crippen LogP contribution in [0.2, 0.25) is 0 Å². The summed E-state index contributed by atoms with van der Waals surface area (Å²) in [7, 11) is 5.07. The number of nitrogens with zero attached hydrogens (tertiary/aromatic N) is 3. The Morgan fingerprint density at radius 1 is 1.32 bits per heavy atom. The van der Waals surface area contributed by atoms with E-state index in [1.54, 1.807) is 19.2 Å². The molecule has 1 aliphatic rings. The van der Waals surface area contributed by atoms with Crippen LogP contribution in [0.5, 0.6) is 5.75 Å². The van der Waals surface area contributed by atoms with E-state index in [1.807, 2.05) is 11.9 Å². The molecular weight excluding hydrogens is 365 g/mol. The number of ketones is 1. The molecule has 1 aromatic carbocycles. The molecule has 1 N–H and O–H groups in total. The molecule has 3 rings (SSSR count). The maximum absolute atomic E-state index is 13.0. The van der Waals surface area contributed by atoms with Crippen LogP contribution in [0.4, 0.5) is 4.39 Å². The number of hydrogen-bond acceptors (Lipinski definition) is 6. The van der Waals surface area contributed by atoms with Gasteiger partial charge in [0.05, 0.1) is 12.1 Å². The van der Waals surface area contributed by atoms with Gasteiger partial charge < -0.3 is 9.84 Å². The lowest BCUT2D eigenvalue weighted by molar-refractivity contribution is 0.0973. The zero-order valence-electron chi connectivity index (χ0n) is 16.2. The molecule has 28 heavy (non-hydrogen) atoms. The third-order valence-corrected chi connectivity index (χ3v) is 5.26. The highest BCUT2D eigenvalue weighted by atomic mass is 19.1. The highest BCUT2D eigenvalue weighted by Gasteiger charge is 2.34. The van der Waals surface area contributed by atoms with Gasteiger partial charge in [0.25, 0.3) is 5.56 Å². The molecule has 7 nitrogen and oxygen atoms in total. The smallest absolute Gasteiger partial charge is 0.296 e. The lowest BCUT2D eigenvalue weighted by atomic mass is 10.1. The van der Waals surface area contributed by atoms with Crippen LogP contribution in [-0.4, -0.2) is 52.1 Å². The quantitative estimate of drug-likeness (QED) is 0.759. The maximum atomic E-state index is 13.0. The molecule has 0 saturated carbocycles. The van der Waals surface area contributed by atoms with Crippen LogP contribution in [0.15, 0.2) is 29.1 Å². The molecule has 0 amide bonds. The average Bonchev–Trinajstić information content (AvgIpc) is 3.06. The largest absolute Gasteiger partial charge is 0.501 e. The summed E-state index contributed by atoms with van der Waals surface area (Å²) in [6.07, 6.45) is 1.07. The molecule has 0 radical (unpaired) electrons. The van der Waals surface area contributed by atoms with Gasteiger partial charge in [-0.1, -0.05) is 12.1 Å². The first kappa shape index (κ1) is 20.2. The third kappa shape index (κ3) is 3.98. The number of aromatic hydroxyl groups is 1. The van der Waals surface area contributed by atoms with Crippen LogP contribution in [0.25, 0.3) is 0 Å². The normalized spacial score (nSPS) is 19.9. The number of likely N-dealkylation sites (N-methyl/N-ethyl adjacent to an activating group) is 1. The van der Waals surface area contributed by atoms with E-state index in [2.05, 4.69) is 4.98 Å². The standard InChI is InChI=1S/C20H24FN3O4/c1-23-11-14(28-3)10-15(23)19-22-17(18(26)20(27)24(19)2)16(25)9-6-12-4-7-13(21)8-5-12/h4-5,7-8,14-15,26H,6,9-11H2,1-3H3/t14-,15+/m1/s1. The Labute approximate surface area is 162 Å². The van der Waals surface area contributed by atoms with E-state index in [9.17, 15) is 19.1 Å². The fraction of sp³-hybridized carbons (Fsp3) is 0.450. The number of methoxy groups -OCH3 is 1. The summed E-state index contributed by atoms with van der Waals surface area (Å²) in [5, 5.41) is 10.2. The Balaban J connectivity index is 1.86. The van der Waals surface area contributed by atoms with Crippen molar-refractivity contribution in [3.05, 3.63) is 57.5 Å². The summed E-state index contributed by atoms with van der Waals surface area (Å²) in [4.78, 5) is 31.5. The molecule has 0 unspecified atom stereocenters. The molecule has 2 heterocycles. The Morgan fingerprint density at radius 3 is 2.61 bits per heavy atom. The van der Waals surface area contributed by atoms with E-state index >= 15 is 0 Å². The number of aryl methyl sites for hydroxylation is 1. The van der Waals surface area contributed by atoms with Gasteiger partial charge in [0.15, 0.2) is 11.5 Å². The highest BCUT2D eigenvalue weighted by molar-refractivity contribution is 5.96. The van der Waals surface area contributed by atoms with Crippen LogP contribution in [0, 0.1) is 5.82 Å². The van der Waals surface area contributed by atoms with Crippen molar-refractivity contribution in [3.63, 3.8) is 0 Å². The zero-order valence-corrected chi connectivity index (χ0v) is 16.2. The highest BCUT2D eigenvalue weighted by Crippen LogP contribution is 2.31. The number of rotatable bonds is 6. The number of likely N-dealkylation sites (tertiary alicyclic amines) is 1. The number of aromatic nitrogens is 2. The van der Waals surface area contributed by atoms with Crippen LogP contribution >= 0.6 is 0 Å². The fourth-order valence-corrected chi connectivity index (χ4v) is 3.55. The Kier molecular flexibility index (Phi) is 5.90. The van der Waals surface area contributed by atoms with E-state index < -0.39 is 17.1 Å². The monoisotopic (exact) mass is 389 g/mol. The van der Waals surface area contributed by atoms with Crippen molar-refractivity contribution in [3.8, 4) is 5.75 Å². The summed E-state index contributed by atoms with van der Waals surface area (Å²) in [6.45, 7) is 0.686. The topological polar surface area (TPSA) is 84.7 Å². The van der Waals surface area contributed by atoms with Gasteiger partial charge in [0.2, 0.25) is 5.75 Å². The summed E-state index contributed by atoms with van der Waals surface area (Å²) in [5.41, 5.74) is -0.0735. The van der Waals surface area contributed by atoms with Crippen molar-refractivity contribution in [2.45, 2.75) is 31.4 Å². The minimum atomic E-state index is -0.649. The maximum Gasteiger partial charge on any atom is 0.296 e. The molecule has 1 aliphatic heterocycles.